The zero-order valence-electron chi connectivity index (χ0n) is 29.4. The van der Waals surface area contributed by atoms with Crippen molar-refractivity contribution in [3.05, 3.63) is 200 Å². The second kappa shape index (κ2) is 12.4. The molecule has 0 bridgehead atoms. The van der Waals surface area contributed by atoms with Crippen molar-refractivity contribution in [3.8, 4) is 22.3 Å². The van der Waals surface area contributed by atoms with Crippen molar-refractivity contribution in [3.63, 3.8) is 0 Å². The van der Waals surface area contributed by atoms with E-state index in [-0.39, 0.29) is 0 Å². The van der Waals surface area contributed by atoms with E-state index < -0.39 is 0 Å². The Morgan fingerprint density at radius 2 is 0.926 bits per heavy atom. The molecule has 2 heteroatoms. The highest BCUT2D eigenvalue weighted by molar-refractivity contribution is 7.25. The van der Waals surface area contributed by atoms with Crippen LogP contribution in [0.5, 0.6) is 0 Å². The van der Waals surface area contributed by atoms with E-state index in [0.29, 0.717) is 0 Å². The van der Waals surface area contributed by atoms with Crippen molar-refractivity contribution >= 4 is 91.7 Å². The van der Waals surface area contributed by atoms with Crippen molar-refractivity contribution in [2.24, 2.45) is 0 Å². The number of hydrogen-bond donors (Lipinski definition) is 0. The summed E-state index contributed by atoms with van der Waals surface area (Å²) in [5.41, 5.74) is 8.27. The van der Waals surface area contributed by atoms with Gasteiger partial charge in [0.2, 0.25) is 0 Å². The Hall–Kier alpha value is -6.74. The summed E-state index contributed by atoms with van der Waals surface area (Å²) in [7, 11) is 0. The van der Waals surface area contributed by atoms with Gasteiger partial charge in [-0.05, 0) is 115 Å². The number of hydrogen-bond acceptors (Lipinski definition) is 2. The first-order chi connectivity index (χ1) is 26.8. The number of thiophene rings is 1. The van der Waals surface area contributed by atoms with Gasteiger partial charge >= 0.3 is 0 Å². The zero-order chi connectivity index (χ0) is 35.6. The fraction of sp³-hybridized carbons (Fsp3) is 0. The molecule has 0 atom stereocenters. The number of anilines is 3. The molecule has 10 aromatic carbocycles. The van der Waals surface area contributed by atoms with Crippen LogP contribution in [0.25, 0.3) is 85.5 Å². The van der Waals surface area contributed by atoms with Crippen LogP contribution in [-0.4, -0.2) is 0 Å². The van der Waals surface area contributed by atoms with Gasteiger partial charge in [0, 0.05) is 36.9 Å². The third-order valence-corrected chi connectivity index (χ3v) is 12.1. The molecule has 0 spiro atoms. The van der Waals surface area contributed by atoms with E-state index in [4.69, 9.17) is 0 Å². The van der Waals surface area contributed by atoms with Crippen molar-refractivity contribution in [2.75, 3.05) is 4.90 Å². The Morgan fingerprint density at radius 1 is 0.315 bits per heavy atom. The smallest absolute Gasteiger partial charge is 0.0540 e. The fourth-order valence-corrected chi connectivity index (χ4v) is 9.56. The Balaban J connectivity index is 1.11. The van der Waals surface area contributed by atoms with Crippen molar-refractivity contribution < 1.29 is 0 Å². The Morgan fingerprint density at radius 3 is 1.72 bits per heavy atom. The van der Waals surface area contributed by atoms with Gasteiger partial charge in [0.25, 0.3) is 0 Å². The van der Waals surface area contributed by atoms with Crippen molar-refractivity contribution in [2.45, 2.75) is 0 Å². The lowest BCUT2D eigenvalue weighted by atomic mass is 9.90. The monoisotopic (exact) mass is 703 g/mol. The van der Waals surface area contributed by atoms with E-state index in [1.165, 1.54) is 85.5 Å². The molecule has 0 fully saturated rings. The summed E-state index contributed by atoms with van der Waals surface area (Å²) in [6, 6.07) is 73.5. The molecule has 0 aliphatic heterocycles. The number of nitrogens with zero attached hydrogens (tertiary/aromatic N) is 1. The molecule has 54 heavy (non-hydrogen) atoms. The average molecular weight is 704 g/mol. The summed E-state index contributed by atoms with van der Waals surface area (Å²) >= 11 is 1.87. The zero-order valence-corrected chi connectivity index (χ0v) is 30.2. The van der Waals surface area contributed by atoms with Crippen LogP contribution in [0, 0.1) is 0 Å². The molecule has 0 N–H and O–H groups in total. The van der Waals surface area contributed by atoms with Crippen LogP contribution in [-0.2, 0) is 0 Å². The summed E-state index contributed by atoms with van der Waals surface area (Å²) in [6.45, 7) is 0. The van der Waals surface area contributed by atoms with E-state index in [0.717, 1.165) is 17.1 Å². The van der Waals surface area contributed by atoms with Crippen LogP contribution >= 0.6 is 11.3 Å². The number of rotatable bonds is 5. The molecule has 1 aromatic heterocycles. The predicted octanol–water partition coefficient (Wildman–Crippen LogP) is 15.5. The minimum absolute atomic E-state index is 1.12. The summed E-state index contributed by atoms with van der Waals surface area (Å²) < 4.78 is 2.63. The van der Waals surface area contributed by atoms with Crippen LogP contribution in [0.4, 0.5) is 17.1 Å². The summed E-state index contributed by atoms with van der Waals surface area (Å²) in [4.78, 5) is 2.42. The highest BCUT2D eigenvalue weighted by Crippen LogP contribution is 2.45. The lowest BCUT2D eigenvalue weighted by Crippen LogP contribution is -2.10. The van der Waals surface area contributed by atoms with Gasteiger partial charge < -0.3 is 4.90 Å². The molecular formula is C52H33NS. The van der Waals surface area contributed by atoms with Crippen LogP contribution < -0.4 is 4.90 Å². The van der Waals surface area contributed by atoms with Crippen molar-refractivity contribution in [1.82, 2.24) is 0 Å². The van der Waals surface area contributed by atoms with Crippen LogP contribution in [0.3, 0.4) is 0 Å². The molecule has 0 radical (unpaired) electrons. The minimum Gasteiger partial charge on any atom is -0.310 e. The van der Waals surface area contributed by atoms with E-state index in [1.54, 1.807) is 0 Å². The van der Waals surface area contributed by atoms with Crippen LogP contribution in [0.1, 0.15) is 0 Å². The van der Waals surface area contributed by atoms with Gasteiger partial charge in [0.1, 0.15) is 0 Å². The Bertz CT molecular complexity index is 3190. The highest BCUT2D eigenvalue weighted by atomic mass is 32.1. The van der Waals surface area contributed by atoms with Crippen molar-refractivity contribution in [1.29, 1.82) is 0 Å². The minimum atomic E-state index is 1.12. The molecule has 0 unspecified atom stereocenters. The lowest BCUT2D eigenvalue weighted by Gasteiger charge is -2.27. The van der Waals surface area contributed by atoms with Gasteiger partial charge in [0.15, 0.2) is 0 Å². The van der Waals surface area contributed by atoms with Gasteiger partial charge in [-0.2, -0.15) is 0 Å². The van der Waals surface area contributed by atoms with Gasteiger partial charge in [0.05, 0.1) is 5.69 Å². The molecule has 0 aliphatic carbocycles. The first-order valence-corrected chi connectivity index (χ1v) is 19.3. The first-order valence-electron chi connectivity index (χ1n) is 18.5. The van der Waals surface area contributed by atoms with E-state index in [9.17, 15) is 0 Å². The normalized spacial score (nSPS) is 11.7. The third-order valence-electron chi connectivity index (χ3n) is 11.0. The quantitative estimate of drug-likeness (QED) is 0.161. The number of benzene rings is 10. The third kappa shape index (κ3) is 4.99. The Labute approximate surface area is 317 Å². The highest BCUT2D eigenvalue weighted by Gasteiger charge is 2.18. The molecular weight excluding hydrogens is 671 g/mol. The molecule has 0 saturated carbocycles. The van der Waals surface area contributed by atoms with Gasteiger partial charge in [-0.1, -0.05) is 146 Å². The fourth-order valence-electron chi connectivity index (χ4n) is 8.44. The molecule has 1 heterocycles. The maximum absolute atomic E-state index is 2.42. The number of fused-ring (bicyclic) bond motifs is 9. The molecule has 1 nitrogen and oxygen atoms in total. The summed E-state index contributed by atoms with van der Waals surface area (Å²) in [5.74, 6) is 0. The second-order valence-corrected chi connectivity index (χ2v) is 15.2. The topological polar surface area (TPSA) is 3.24 Å². The molecule has 252 valence electrons. The molecule has 11 rings (SSSR count). The largest absolute Gasteiger partial charge is 0.310 e. The first kappa shape index (κ1) is 30.8. The van der Waals surface area contributed by atoms with Crippen LogP contribution in [0.15, 0.2) is 200 Å². The maximum Gasteiger partial charge on any atom is 0.0540 e. The molecule has 0 aliphatic rings. The van der Waals surface area contributed by atoms with E-state index in [1.807, 2.05) is 11.3 Å². The molecule has 0 amide bonds. The van der Waals surface area contributed by atoms with Gasteiger partial charge in [-0.15, -0.1) is 11.3 Å². The molecule has 0 saturated heterocycles. The van der Waals surface area contributed by atoms with E-state index >= 15 is 0 Å². The van der Waals surface area contributed by atoms with Gasteiger partial charge in [-0.3, -0.25) is 0 Å². The average Bonchev–Trinajstić information content (AvgIpc) is 3.61. The predicted molar refractivity (Wildman–Crippen MR) is 235 cm³/mol. The SMILES string of the molecule is c1ccc(-c2ccc(N(c3ccc(-c4cc5ccccc5c5ccc6ccccc6c45)cc3)c3cccc4cc5c(cc34)sc3ccccc35)cc2)cc1. The molecule has 11 aromatic rings. The lowest BCUT2D eigenvalue weighted by molar-refractivity contribution is 1.30. The standard InChI is InChI=1S/C52H33NS/c1-2-11-34(12-3-1)35-21-26-40(27-22-35)53(49-19-10-15-39-32-48-44-18-8-9-20-50(44)54-51(48)33-46(39)49)41-28-23-37(24-29-41)47-31-38-14-5-6-16-42(38)45-30-25-36-13-4-7-17-43(36)52(45)47/h1-33H. The maximum atomic E-state index is 2.42. The summed E-state index contributed by atoms with van der Waals surface area (Å²) in [5, 5.41) is 12.8. The van der Waals surface area contributed by atoms with Crippen LogP contribution in [0.2, 0.25) is 0 Å². The van der Waals surface area contributed by atoms with E-state index in [2.05, 4.69) is 205 Å². The second-order valence-electron chi connectivity index (χ2n) is 14.1. The summed E-state index contributed by atoms with van der Waals surface area (Å²) in [6.07, 6.45) is 0. The van der Waals surface area contributed by atoms with Gasteiger partial charge in [-0.25, -0.2) is 0 Å². The Kier molecular flexibility index (Phi) is 7.11.